The van der Waals surface area contributed by atoms with E-state index in [4.69, 9.17) is 33.1 Å². The molecule has 1 amide bonds. The molecule has 13 nitrogen and oxygen atoms in total. The number of benzene rings is 1. The molecule has 0 radical (unpaired) electrons. The average molecular weight is 740 g/mol. The second kappa shape index (κ2) is 14.7. The number of nitrogens with zero attached hydrogens (tertiary/aromatic N) is 8. The zero-order valence-electron chi connectivity index (χ0n) is 25.5. The Morgan fingerprint density at radius 3 is 2.46 bits per heavy atom. The van der Waals surface area contributed by atoms with Gasteiger partial charge in [0.25, 0.3) is 5.56 Å². The molecule has 0 saturated heterocycles. The number of carbonyl (C=O) groups excluding carboxylic acids is 1. The quantitative estimate of drug-likeness (QED) is 0.198. The van der Waals surface area contributed by atoms with Crippen molar-refractivity contribution in [1.82, 2.24) is 39.3 Å². The molecule has 1 aliphatic rings. The Bertz CT molecular complexity index is 2100. The third-order valence-electron chi connectivity index (χ3n) is 7.56. The number of carbonyl (C=O) groups is 2. The first-order valence-corrected chi connectivity index (χ1v) is 15.3. The fourth-order valence-electron chi connectivity index (χ4n) is 5.17. The number of anilines is 1. The van der Waals surface area contributed by atoms with Crippen LogP contribution in [0.25, 0.3) is 28.2 Å². The third kappa shape index (κ3) is 7.97. The topological polar surface area (TPSA) is 163 Å². The number of hydrogen-bond acceptors (Lipinski definition) is 8. The van der Waals surface area contributed by atoms with Crippen LogP contribution < -0.4 is 10.9 Å². The van der Waals surface area contributed by atoms with Gasteiger partial charge in [-0.3, -0.25) is 19.1 Å². The third-order valence-corrected chi connectivity index (χ3v) is 7.97. The molecule has 0 saturated carbocycles. The summed E-state index contributed by atoms with van der Waals surface area (Å²) in [4.78, 5) is 44.5. The Balaban J connectivity index is 0.000000630. The number of rotatable bonds is 4. The average Bonchev–Trinajstić information content (AvgIpc) is 3.69. The summed E-state index contributed by atoms with van der Waals surface area (Å²) >= 11 is 12.3. The van der Waals surface area contributed by atoms with Gasteiger partial charge in [0.2, 0.25) is 5.91 Å². The Morgan fingerprint density at radius 1 is 1.08 bits per heavy atom. The smallest absolute Gasteiger partial charge is 0.475 e. The molecular weight excluding hydrogens is 716 g/mol. The van der Waals surface area contributed by atoms with Crippen LogP contribution in [0.5, 0.6) is 0 Å². The van der Waals surface area contributed by atoms with Crippen molar-refractivity contribution in [3.05, 3.63) is 87.5 Å². The first-order valence-electron chi connectivity index (χ1n) is 14.5. The molecule has 1 aliphatic heterocycles. The minimum atomic E-state index is -5.08. The summed E-state index contributed by atoms with van der Waals surface area (Å²) in [5, 5.41) is 22.1. The van der Waals surface area contributed by atoms with Gasteiger partial charge in [-0.25, -0.2) is 19.1 Å². The van der Waals surface area contributed by atoms with Crippen LogP contribution in [0.2, 0.25) is 10.2 Å². The Labute approximate surface area is 288 Å². The van der Waals surface area contributed by atoms with Crippen LogP contribution in [0.15, 0.2) is 66.1 Å². The fraction of sp³-hybridized carbons (Fsp3) is 0.267. The van der Waals surface area contributed by atoms with E-state index in [1.807, 2.05) is 0 Å². The molecule has 2 atom stereocenters. The molecule has 2 N–H and O–H groups in total. The van der Waals surface area contributed by atoms with Crippen molar-refractivity contribution in [1.29, 1.82) is 0 Å². The maximum Gasteiger partial charge on any atom is 0.490 e. The van der Waals surface area contributed by atoms with Crippen LogP contribution in [-0.4, -0.2) is 62.5 Å². The van der Waals surface area contributed by atoms with E-state index in [0.29, 0.717) is 57.2 Å². The van der Waals surface area contributed by atoms with E-state index in [-0.39, 0.29) is 28.0 Å². The van der Waals surface area contributed by atoms with Crippen LogP contribution in [0, 0.1) is 5.92 Å². The number of aromatic nitrogens is 8. The summed E-state index contributed by atoms with van der Waals surface area (Å²) < 4.78 is 63.0. The van der Waals surface area contributed by atoms with E-state index < -0.39 is 30.7 Å². The van der Waals surface area contributed by atoms with Crippen LogP contribution in [0.1, 0.15) is 44.5 Å². The lowest BCUT2D eigenvalue weighted by atomic mass is 9.97. The SMILES string of the molecule is C[C@H]1CCC[C@H](n2cnc(-c3cc(Cl)ccc3-n3cc(Cl)nn3)cc2=O)c2cc(ccn2)-c2c(cnn2C(F)F)NC1=O.O=C(O)C(F)(F)F. The second-order valence-electron chi connectivity index (χ2n) is 10.9. The van der Waals surface area contributed by atoms with Gasteiger partial charge >= 0.3 is 18.7 Å². The molecule has 20 heteroatoms. The summed E-state index contributed by atoms with van der Waals surface area (Å²) in [6, 6.07) is 9.03. The first kappa shape index (κ1) is 36.1. The fourth-order valence-corrected chi connectivity index (χ4v) is 5.47. The lowest BCUT2D eigenvalue weighted by Crippen LogP contribution is -2.27. The number of halogens is 7. The molecule has 50 heavy (non-hydrogen) atoms. The summed E-state index contributed by atoms with van der Waals surface area (Å²) in [6.45, 7) is -1.18. The minimum absolute atomic E-state index is 0.0426. The second-order valence-corrected chi connectivity index (χ2v) is 11.7. The molecule has 0 unspecified atom stereocenters. The van der Waals surface area contributed by atoms with E-state index >= 15 is 0 Å². The Kier molecular flexibility index (Phi) is 10.6. The molecule has 2 bridgehead atoms. The van der Waals surface area contributed by atoms with Gasteiger partial charge in [0.1, 0.15) is 0 Å². The van der Waals surface area contributed by atoms with Gasteiger partial charge in [0.05, 0.1) is 53.2 Å². The van der Waals surface area contributed by atoms with Crippen molar-refractivity contribution in [2.75, 3.05) is 5.32 Å². The monoisotopic (exact) mass is 739 g/mol. The zero-order valence-corrected chi connectivity index (χ0v) is 27.0. The Morgan fingerprint density at radius 2 is 1.82 bits per heavy atom. The van der Waals surface area contributed by atoms with Gasteiger partial charge in [0.15, 0.2) is 5.15 Å². The van der Waals surface area contributed by atoms with E-state index in [9.17, 15) is 31.5 Å². The molecule has 6 rings (SSSR count). The van der Waals surface area contributed by atoms with Crippen molar-refractivity contribution in [3.8, 4) is 28.2 Å². The van der Waals surface area contributed by atoms with E-state index in [1.165, 1.54) is 40.2 Å². The van der Waals surface area contributed by atoms with Crippen LogP contribution in [-0.2, 0) is 9.59 Å². The van der Waals surface area contributed by atoms with Crippen molar-refractivity contribution in [2.45, 2.75) is 45.0 Å². The van der Waals surface area contributed by atoms with Gasteiger partial charge in [-0.05, 0) is 43.2 Å². The standard InChI is InChI=1S/C28H23Cl2F2N9O2.C2HF3O2/c1-15-3-2-4-23(20-9-16(7-8-33-20)26-21(36-27(15)43)12-35-41(26)28(31)32)39-14-34-19(11-25(39)42)18-10-17(29)5-6-22(18)40-13-24(30)37-38-40;3-2(4,5)1(6)7/h5-15,23,28H,2-4H2,1H3,(H,36,43);(H,6,7)/t15-,23-;/m0./s1. The highest BCUT2D eigenvalue weighted by atomic mass is 35.5. The number of hydrogen-bond donors (Lipinski definition) is 2. The molecule has 5 aromatic rings. The molecule has 0 aliphatic carbocycles. The predicted molar refractivity (Wildman–Crippen MR) is 169 cm³/mol. The Hall–Kier alpha value is -5.23. The van der Waals surface area contributed by atoms with E-state index in [1.54, 1.807) is 37.3 Å². The number of aliphatic carboxylic acids is 1. The lowest BCUT2D eigenvalue weighted by molar-refractivity contribution is -0.192. The molecule has 1 aromatic carbocycles. The molecule has 262 valence electrons. The molecule has 5 heterocycles. The summed E-state index contributed by atoms with van der Waals surface area (Å²) in [6.07, 6.45) is 2.06. The predicted octanol–water partition coefficient (Wildman–Crippen LogP) is 6.43. The van der Waals surface area contributed by atoms with Crippen molar-refractivity contribution in [3.63, 3.8) is 0 Å². The van der Waals surface area contributed by atoms with E-state index in [0.717, 1.165) is 0 Å². The largest absolute Gasteiger partial charge is 0.490 e. The molecule has 0 fully saturated rings. The summed E-state index contributed by atoms with van der Waals surface area (Å²) in [5.74, 6) is -3.49. The zero-order chi connectivity index (χ0) is 36.3. The highest BCUT2D eigenvalue weighted by Gasteiger charge is 2.38. The molecule has 0 spiro atoms. The van der Waals surface area contributed by atoms with Crippen LogP contribution in [0.3, 0.4) is 0 Å². The van der Waals surface area contributed by atoms with Gasteiger partial charge in [-0.2, -0.15) is 27.1 Å². The van der Waals surface area contributed by atoms with Crippen molar-refractivity contribution < 1.29 is 36.6 Å². The number of carboxylic acid groups (broad SMARTS) is 1. The highest BCUT2D eigenvalue weighted by Crippen LogP contribution is 2.35. The molecule has 4 aromatic heterocycles. The number of pyridine rings is 1. The number of nitrogens with one attached hydrogen (secondary N) is 1. The van der Waals surface area contributed by atoms with Gasteiger partial charge in [0, 0.05) is 34.3 Å². The first-order chi connectivity index (χ1) is 23.6. The number of amides is 1. The van der Waals surface area contributed by atoms with Crippen molar-refractivity contribution >= 4 is 40.8 Å². The highest BCUT2D eigenvalue weighted by molar-refractivity contribution is 6.31. The van der Waals surface area contributed by atoms with Gasteiger partial charge < -0.3 is 10.4 Å². The molecular formula is C30H24Cl2F5N9O4. The lowest BCUT2D eigenvalue weighted by Gasteiger charge is -2.22. The number of alkyl halides is 5. The maximum absolute atomic E-state index is 13.9. The van der Waals surface area contributed by atoms with Crippen molar-refractivity contribution in [2.24, 2.45) is 5.92 Å². The minimum Gasteiger partial charge on any atom is -0.475 e. The van der Waals surface area contributed by atoms with Gasteiger partial charge in [-0.1, -0.05) is 41.8 Å². The summed E-state index contributed by atoms with van der Waals surface area (Å²) in [7, 11) is 0. The maximum atomic E-state index is 13.9. The summed E-state index contributed by atoms with van der Waals surface area (Å²) in [5.41, 5.74) is 2.11. The van der Waals surface area contributed by atoms with E-state index in [2.05, 4.69) is 30.7 Å². The normalized spacial score (nSPS) is 16.4. The number of fused-ring (bicyclic) bond motifs is 4. The van der Waals surface area contributed by atoms with Crippen LogP contribution >= 0.6 is 23.2 Å². The van der Waals surface area contributed by atoms with Gasteiger partial charge in [-0.15, -0.1) is 5.10 Å². The van der Waals surface area contributed by atoms with Crippen LogP contribution in [0.4, 0.5) is 27.6 Å². The number of carboxylic acids is 1.